The minimum atomic E-state index is -0.187. The van der Waals surface area contributed by atoms with Crippen molar-refractivity contribution in [2.75, 3.05) is 6.54 Å². The van der Waals surface area contributed by atoms with E-state index in [0.29, 0.717) is 24.1 Å². The standard InChI is InChI=1S/C9H17N5OS/c1-4-11-8(15)6(2)16-9-13-12-7(5-10)14(9)3/h6H,4-5,10H2,1-3H3,(H,11,15). The maximum absolute atomic E-state index is 11.5. The molecule has 0 aromatic carbocycles. The zero-order chi connectivity index (χ0) is 12.1. The average Bonchev–Trinajstić information content (AvgIpc) is 2.60. The number of rotatable bonds is 5. The first-order valence-corrected chi connectivity index (χ1v) is 6.00. The van der Waals surface area contributed by atoms with E-state index in [9.17, 15) is 4.79 Å². The van der Waals surface area contributed by atoms with Crippen molar-refractivity contribution in [3.05, 3.63) is 5.82 Å². The summed E-state index contributed by atoms with van der Waals surface area (Å²) in [5.41, 5.74) is 5.49. The highest BCUT2D eigenvalue weighted by Crippen LogP contribution is 2.21. The van der Waals surface area contributed by atoms with Gasteiger partial charge in [-0.25, -0.2) is 0 Å². The van der Waals surface area contributed by atoms with Crippen LogP contribution in [0.15, 0.2) is 5.16 Å². The number of nitrogens with zero attached hydrogens (tertiary/aromatic N) is 3. The molecular weight excluding hydrogens is 226 g/mol. The topological polar surface area (TPSA) is 85.8 Å². The normalized spacial score (nSPS) is 12.5. The molecule has 0 saturated carbocycles. The van der Waals surface area contributed by atoms with Gasteiger partial charge in [-0.1, -0.05) is 11.8 Å². The summed E-state index contributed by atoms with van der Waals surface area (Å²) in [6.45, 7) is 4.72. The summed E-state index contributed by atoms with van der Waals surface area (Å²) < 4.78 is 1.81. The molecule has 16 heavy (non-hydrogen) atoms. The summed E-state index contributed by atoms with van der Waals surface area (Å²) in [6, 6.07) is 0. The molecule has 0 aliphatic rings. The minimum Gasteiger partial charge on any atom is -0.355 e. The smallest absolute Gasteiger partial charge is 0.233 e. The summed E-state index contributed by atoms with van der Waals surface area (Å²) in [5.74, 6) is 0.718. The fraction of sp³-hybridized carbons (Fsp3) is 0.667. The Labute approximate surface area is 99.0 Å². The van der Waals surface area contributed by atoms with Gasteiger partial charge in [0.05, 0.1) is 11.8 Å². The molecule has 1 heterocycles. The molecule has 0 fully saturated rings. The Morgan fingerprint density at radius 2 is 2.31 bits per heavy atom. The van der Waals surface area contributed by atoms with Crippen LogP contribution < -0.4 is 11.1 Å². The van der Waals surface area contributed by atoms with Gasteiger partial charge in [-0.2, -0.15) is 0 Å². The maximum atomic E-state index is 11.5. The Hall–Kier alpha value is -1.08. The molecule has 1 rings (SSSR count). The van der Waals surface area contributed by atoms with E-state index in [2.05, 4.69) is 15.5 Å². The second kappa shape index (κ2) is 5.86. The zero-order valence-corrected chi connectivity index (χ0v) is 10.5. The van der Waals surface area contributed by atoms with Crippen LogP contribution in [0.4, 0.5) is 0 Å². The first-order valence-electron chi connectivity index (χ1n) is 5.12. The SMILES string of the molecule is CCNC(=O)C(C)Sc1nnc(CN)n1C. The van der Waals surface area contributed by atoms with Crippen molar-refractivity contribution in [3.8, 4) is 0 Å². The summed E-state index contributed by atoms with van der Waals surface area (Å²) in [4.78, 5) is 11.5. The average molecular weight is 243 g/mol. The van der Waals surface area contributed by atoms with E-state index in [1.165, 1.54) is 11.8 Å². The van der Waals surface area contributed by atoms with Crippen LogP contribution in [-0.4, -0.2) is 32.5 Å². The van der Waals surface area contributed by atoms with E-state index in [1.54, 1.807) is 4.57 Å². The fourth-order valence-electron chi connectivity index (χ4n) is 1.16. The van der Waals surface area contributed by atoms with E-state index < -0.39 is 0 Å². The van der Waals surface area contributed by atoms with E-state index >= 15 is 0 Å². The number of hydrogen-bond donors (Lipinski definition) is 2. The van der Waals surface area contributed by atoms with Crippen molar-refractivity contribution in [2.45, 2.75) is 30.8 Å². The number of thioether (sulfide) groups is 1. The van der Waals surface area contributed by atoms with Crippen molar-refractivity contribution in [3.63, 3.8) is 0 Å². The molecule has 6 nitrogen and oxygen atoms in total. The lowest BCUT2D eigenvalue weighted by atomic mass is 10.4. The first kappa shape index (κ1) is 13.0. The van der Waals surface area contributed by atoms with E-state index in [4.69, 9.17) is 5.73 Å². The number of amides is 1. The van der Waals surface area contributed by atoms with E-state index in [-0.39, 0.29) is 11.2 Å². The van der Waals surface area contributed by atoms with Gasteiger partial charge >= 0.3 is 0 Å². The van der Waals surface area contributed by atoms with E-state index in [1.807, 2.05) is 20.9 Å². The Balaban J connectivity index is 2.65. The van der Waals surface area contributed by atoms with Crippen molar-refractivity contribution in [2.24, 2.45) is 12.8 Å². The number of aromatic nitrogens is 3. The highest BCUT2D eigenvalue weighted by atomic mass is 32.2. The number of carbonyl (C=O) groups is 1. The van der Waals surface area contributed by atoms with Gasteiger partial charge in [-0.15, -0.1) is 10.2 Å². The Morgan fingerprint density at radius 3 is 2.81 bits per heavy atom. The van der Waals surface area contributed by atoms with Crippen LogP contribution in [0.5, 0.6) is 0 Å². The molecule has 1 amide bonds. The molecular formula is C9H17N5OS. The van der Waals surface area contributed by atoms with Gasteiger partial charge in [0.2, 0.25) is 5.91 Å². The highest BCUT2D eigenvalue weighted by Gasteiger charge is 2.17. The molecule has 1 aromatic rings. The second-order valence-corrected chi connectivity index (χ2v) is 4.62. The number of nitrogens with one attached hydrogen (secondary N) is 1. The molecule has 1 unspecified atom stereocenters. The molecule has 3 N–H and O–H groups in total. The van der Waals surface area contributed by atoms with Crippen LogP contribution in [0, 0.1) is 0 Å². The third kappa shape index (κ3) is 2.96. The Morgan fingerprint density at radius 1 is 1.62 bits per heavy atom. The molecule has 90 valence electrons. The number of hydrogen-bond acceptors (Lipinski definition) is 5. The minimum absolute atomic E-state index is 0.00444. The lowest BCUT2D eigenvalue weighted by Crippen LogP contribution is -2.30. The quantitative estimate of drug-likeness (QED) is 0.705. The molecule has 0 saturated heterocycles. The predicted octanol–water partition coefficient (Wildman–Crippen LogP) is -0.109. The Kier molecular flexibility index (Phi) is 4.75. The van der Waals surface area contributed by atoms with Gasteiger partial charge in [-0.3, -0.25) is 4.79 Å². The second-order valence-electron chi connectivity index (χ2n) is 3.32. The molecule has 0 aliphatic carbocycles. The summed E-state index contributed by atoms with van der Waals surface area (Å²) >= 11 is 1.38. The largest absolute Gasteiger partial charge is 0.355 e. The third-order valence-electron chi connectivity index (χ3n) is 2.11. The highest BCUT2D eigenvalue weighted by molar-refractivity contribution is 8.00. The molecule has 0 bridgehead atoms. The summed E-state index contributed by atoms with van der Waals surface area (Å²) in [5, 5.41) is 11.2. The number of nitrogens with two attached hydrogens (primary N) is 1. The molecule has 1 atom stereocenters. The van der Waals surface area contributed by atoms with Gasteiger partial charge in [0.15, 0.2) is 5.16 Å². The molecule has 1 aromatic heterocycles. The van der Waals surface area contributed by atoms with Gasteiger partial charge in [0, 0.05) is 13.6 Å². The van der Waals surface area contributed by atoms with Gasteiger partial charge < -0.3 is 15.6 Å². The molecule has 0 aliphatic heterocycles. The predicted molar refractivity (Wildman–Crippen MR) is 62.9 cm³/mol. The van der Waals surface area contributed by atoms with Crippen LogP contribution in [-0.2, 0) is 18.4 Å². The van der Waals surface area contributed by atoms with Crippen molar-refractivity contribution in [1.82, 2.24) is 20.1 Å². The van der Waals surface area contributed by atoms with Crippen molar-refractivity contribution >= 4 is 17.7 Å². The fourth-order valence-corrected chi connectivity index (χ4v) is 2.01. The summed E-state index contributed by atoms with van der Waals surface area (Å²) in [6.07, 6.45) is 0. The van der Waals surface area contributed by atoms with Crippen LogP contribution in [0.3, 0.4) is 0 Å². The zero-order valence-electron chi connectivity index (χ0n) is 9.73. The maximum Gasteiger partial charge on any atom is 0.233 e. The first-order chi connectivity index (χ1) is 7.60. The third-order valence-corrected chi connectivity index (χ3v) is 3.24. The van der Waals surface area contributed by atoms with Crippen LogP contribution in [0.1, 0.15) is 19.7 Å². The Bertz CT molecular complexity index is 365. The monoisotopic (exact) mass is 243 g/mol. The number of carbonyl (C=O) groups excluding carboxylic acids is 1. The van der Waals surface area contributed by atoms with Crippen LogP contribution in [0.25, 0.3) is 0 Å². The van der Waals surface area contributed by atoms with Gasteiger partial charge in [-0.05, 0) is 13.8 Å². The summed E-state index contributed by atoms with van der Waals surface area (Å²) in [7, 11) is 1.84. The molecule has 7 heteroatoms. The van der Waals surface area contributed by atoms with Crippen LogP contribution >= 0.6 is 11.8 Å². The lowest BCUT2D eigenvalue weighted by Gasteiger charge is -2.09. The molecule has 0 radical (unpaired) electrons. The van der Waals surface area contributed by atoms with Crippen molar-refractivity contribution in [1.29, 1.82) is 0 Å². The van der Waals surface area contributed by atoms with E-state index in [0.717, 1.165) is 0 Å². The van der Waals surface area contributed by atoms with Crippen molar-refractivity contribution < 1.29 is 4.79 Å². The molecule has 0 spiro atoms. The lowest BCUT2D eigenvalue weighted by molar-refractivity contribution is -0.120. The van der Waals surface area contributed by atoms with Crippen LogP contribution in [0.2, 0.25) is 0 Å². The van der Waals surface area contributed by atoms with Gasteiger partial charge in [0.25, 0.3) is 0 Å². The van der Waals surface area contributed by atoms with Gasteiger partial charge in [0.1, 0.15) is 5.82 Å².